The first-order valence-corrected chi connectivity index (χ1v) is 13.4. The highest BCUT2D eigenvalue weighted by Crippen LogP contribution is 2.35. The molecule has 0 fully saturated rings. The number of halogens is 1. The highest BCUT2D eigenvalue weighted by molar-refractivity contribution is 9.10. The molecule has 0 aliphatic carbocycles. The summed E-state index contributed by atoms with van der Waals surface area (Å²) in [6, 6.07) is 12.9. The Bertz CT molecular complexity index is 1340. The number of anilines is 1. The lowest BCUT2D eigenvalue weighted by Gasteiger charge is -2.10. The predicted octanol–water partition coefficient (Wildman–Crippen LogP) is 5.34. The maximum Gasteiger partial charge on any atom is 0.348 e. The van der Waals surface area contributed by atoms with E-state index in [2.05, 4.69) is 44.2 Å². The van der Waals surface area contributed by atoms with Gasteiger partial charge in [-0.3, -0.25) is 9.36 Å². The molecule has 0 aliphatic rings. The molecular weight excluding hydrogens is 544 g/mol. The van der Waals surface area contributed by atoms with Crippen molar-refractivity contribution in [3.05, 3.63) is 57.4 Å². The Morgan fingerprint density at radius 3 is 2.50 bits per heavy atom. The van der Waals surface area contributed by atoms with Crippen LogP contribution in [0, 0.1) is 0 Å². The van der Waals surface area contributed by atoms with Crippen LogP contribution in [0.3, 0.4) is 0 Å². The molecule has 10 heteroatoms. The lowest BCUT2D eigenvalue weighted by atomic mass is 10.1. The zero-order chi connectivity index (χ0) is 26.7. The highest BCUT2D eigenvalue weighted by Gasteiger charge is 2.19. The Balaban J connectivity index is 0.00000109. The van der Waals surface area contributed by atoms with Crippen LogP contribution < -0.4 is 16.3 Å². The van der Waals surface area contributed by atoms with Crippen molar-refractivity contribution in [2.75, 3.05) is 38.4 Å². The number of benzene rings is 2. The number of furan rings is 1. The number of methoxy groups -OCH3 is 1. The molecule has 1 amide bonds. The van der Waals surface area contributed by atoms with Crippen LogP contribution in [0.15, 0.2) is 56.1 Å². The van der Waals surface area contributed by atoms with Crippen molar-refractivity contribution in [2.45, 2.75) is 27.3 Å². The summed E-state index contributed by atoms with van der Waals surface area (Å²) in [4.78, 5) is 29.2. The summed E-state index contributed by atoms with van der Waals surface area (Å²) in [5, 5.41) is 6.64. The Morgan fingerprint density at radius 2 is 1.86 bits per heavy atom. The Hall–Kier alpha value is -2.66. The second-order valence-corrected chi connectivity index (χ2v) is 8.13. The number of ether oxygens (including phenoxy) is 1. The summed E-state index contributed by atoms with van der Waals surface area (Å²) in [7, 11) is 1.59. The number of carbonyl (C=O) groups is 1. The van der Waals surface area contributed by atoms with E-state index in [4.69, 9.17) is 9.15 Å². The number of nitrogens with one attached hydrogen (secondary N) is 2. The number of rotatable bonds is 8. The van der Waals surface area contributed by atoms with E-state index in [1.165, 1.54) is 0 Å². The molecule has 194 valence electrons. The largest absolute Gasteiger partial charge is 0.452 e. The van der Waals surface area contributed by atoms with E-state index in [-0.39, 0.29) is 18.1 Å². The predicted molar refractivity (Wildman–Crippen MR) is 154 cm³/mol. The first kappa shape index (κ1) is 29.6. The third kappa shape index (κ3) is 6.97. The summed E-state index contributed by atoms with van der Waals surface area (Å²) in [5.74, 6) is -0.122. The molecule has 2 N–H and O–H groups in total. The molecule has 2 aromatic carbocycles. The first-order valence-electron chi connectivity index (χ1n) is 11.7. The number of hydrogen-bond acceptors (Lipinski definition) is 7. The topological polar surface area (TPSA) is 98.4 Å². The van der Waals surface area contributed by atoms with Crippen LogP contribution >= 0.6 is 28.6 Å². The Morgan fingerprint density at radius 1 is 1.17 bits per heavy atom. The minimum Gasteiger partial charge on any atom is -0.452 e. The van der Waals surface area contributed by atoms with E-state index in [9.17, 15) is 9.59 Å². The second-order valence-electron chi connectivity index (χ2n) is 7.21. The molecule has 0 bridgehead atoms. The number of aromatic nitrogens is 2. The van der Waals surface area contributed by atoms with Crippen molar-refractivity contribution in [2.24, 2.45) is 0 Å². The highest BCUT2D eigenvalue weighted by atomic mass is 79.9. The van der Waals surface area contributed by atoms with Crippen molar-refractivity contribution >= 4 is 62.2 Å². The van der Waals surface area contributed by atoms with E-state index in [1.807, 2.05) is 51.1 Å². The van der Waals surface area contributed by atoms with Gasteiger partial charge in [-0.05, 0) is 43.1 Å². The molecular formula is C26H33BrN4O4S. The van der Waals surface area contributed by atoms with Gasteiger partial charge in [0, 0.05) is 28.2 Å². The van der Waals surface area contributed by atoms with Gasteiger partial charge >= 0.3 is 5.69 Å². The van der Waals surface area contributed by atoms with Gasteiger partial charge in [-0.2, -0.15) is 17.6 Å². The first-order chi connectivity index (χ1) is 17.5. The van der Waals surface area contributed by atoms with Gasteiger partial charge in [0.25, 0.3) is 0 Å². The fraction of sp³-hybridized carbons (Fsp3) is 0.346. The van der Waals surface area contributed by atoms with Crippen molar-refractivity contribution in [3.63, 3.8) is 0 Å². The summed E-state index contributed by atoms with van der Waals surface area (Å²) < 4.78 is 13.8. The molecule has 0 saturated heterocycles. The summed E-state index contributed by atoms with van der Waals surface area (Å²) in [6.07, 6.45) is 1.69. The summed E-state index contributed by atoms with van der Waals surface area (Å²) in [6.45, 7) is 7.64. The standard InChI is InChI=1S/C23H23BrN4O4.C2H6.CH4S/c1-3-25-13-19(29)26-16-7-4-14(5-8-16)20-22-21(28(10-11-31-2)23(30)27-20)17-9-6-15(24)12-18(17)32-22;2*1-2/h4-9,12,25H,3,10-11,13H2,1-2H3,(H,26,29);1-2H3;2H,1H3. The number of nitrogens with zero attached hydrogens (tertiary/aromatic N) is 2. The number of hydrogen-bond donors (Lipinski definition) is 3. The monoisotopic (exact) mass is 576 g/mol. The zero-order valence-electron chi connectivity index (χ0n) is 21.2. The molecule has 0 saturated carbocycles. The third-order valence-corrected chi connectivity index (χ3v) is 5.54. The van der Waals surface area contributed by atoms with Crippen molar-refractivity contribution in [1.29, 1.82) is 0 Å². The normalized spacial score (nSPS) is 10.4. The second kappa shape index (κ2) is 14.8. The smallest absolute Gasteiger partial charge is 0.348 e. The van der Waals surface area contributed by atoms with Crippen LogP contribution in [0.4, 0.5) is 5.69 Å². The molecule has 0 spiro atoms. The van der Waals surface area contributed by atoms with E-state index in [0.717, 1.165) is 16.4 Å². The maximum absolute atomic E-state index is 12.9. The molecule has 4 rings (SSSR count). The molecule has 36 heavy (non-hydrogen) atoms. The van der Waals surface area contributed by atoms with Gasteiger partial charge in [0.2, 0.25) is 5.91 Å². The SMILES string of the molecule is CC.CCNCC(=O)Nc1ccc(-c2nc(=O)n(CCOC)c3c2oc2cc(Br)ccc23)cc1.CS. The summed E-state index contributed by atoms with van der Waals surface area (Å²) in [5.41, 5.74) is 3.32. The van der Waals surface area contributed by atoms with Crippen molar-refractivity contribution in [3.8, 4) is 11.3 Å². The fourth-order valence-corrected chi connectivity index (χ4v) is 3.87. The molecule has 0 unspecified atom stereocenters. The minimum absolute atomic E-state index is 0.122. The van der Waals surface area contributed by atoms with Crippen molar-refractivity contribution < 1.29 is 13.9 Å². The van der Waals surface area contributed by atoms with Gasteiger partial charge < -0.3 is 19.8 Å². The van der Waals surface area contributed by atoms with E-state index in [0.29, 0.717) is 46.8 Å². The van der Waals surface area contributed by atoms with Crippen LogP contribution in [0.2, 0.25) is 0 Å². The van der Waals surface area contributed by atoms with E-state index < -0.39 is 0 Å². The average molecular weight is 578 g/mol. The van der Waals surface area contributed by atoms with Crippen LogP contribution in [-0.2, 0) is 16.1 Å². The quantitative estimate of drug-likeness (QED) is 0.245. The lowest BCUT2D eigenvalue weighted by Crippen LogP contribution is -2.27. The van der Waals surface area contributed by atoms with Crippen molar-refractivity contribution in [1.82, 2.24) is 14.9 Å². The van der Waals surface area contributed by atoms with Gasteiger partial charge in [0.15, 0.2) is 5.58 Å². The molecule has 2 aromatic heterocycles. The molecule has 0 aliphatic heterocycles. The number of carbonyl (C=O) groups excluding carboxylic acids is 1. The molecule has 0 atom stereocenters. The number of fused-ring (bicyclic) bond motifs is 3. The molecule has 8 nitrogen and oxygen atoms in total. The van der Waals surface area contributed by atoms with Gasteiger partial charge in [-0.15, -0.1) is 0 Å². The lowest BCUT2D eigenvalue weighted by molar-refractivity contribution is -0.115. The van der Waals surface area contributed by atoms with Crippen LogP contribution in [0.1, 0.15) is 20.8 Å². The van der Waals surface area contributed by atoms with Crippen LogP contribution in [-0.4, -0.2) is 48.5 Å². The number of likely N-dealkylation sites (N-methyl/N-ethyl adjacent to an activating group) is 1. The molecule has 4 aromatic rings. The van der Waals surface area contributed by atoms with Gasteiger partial charge in [0.1, 0.15) is 16.8 Å². The maximum atomic E-state index is 12.9. The molecule has 0 radical (unpaired) electrons. The van der Waals surface area contributed by atoms with Gasteiger partial charge in [-0.25, -0.2) is 4.79 Å². The zero-order valence-corrected chi connectivity index (χ0v) is 23.7. The van der Waals surface area contributed by atoms with Crippen LogP contribution in [0.25, 0.3) is 33.3 Å². The van der Waals surface area contributed by atoms with Crippen LogP contribution in [0.5, 0.6) is 0 Å². The Labute approximate surface area is 225 Å². The summed E-state index contributed by atoms with van der Waals surface area (Å²) >= 11 is 7.00. The number of thiol groups is 1. The van der Waals surface area contributed by atoms with E-state index >= 15 is 0 Å². The van der Waals surface area contributed by atoms with Gasteiger partial charge in [-0.1, -0.05) is 48.8 Å². The Kier molecular flexibility index (Phi) is 12.1. The fourth-order valence-electron chi connectivity index (χ4n) is 3.53. The average Bonchev–Trinajstić information content (AvgIpc) is 3.28. The minimum atomic E-state index is -0.377. The number of amides is 1. The third-order valence-electron chi connectivity index (χ3n) is 5.05. The van der Waals surface area contributed by atoms with E-state index in [1.54, 1.807) is 30.1 Å². The van der Waals surface area contributed by atoms with Gasteiger partial charge in [0.05, 0.1) is 19.7 Å². The molecule has 2 heterocycles.